The van der Waals surface area contributed by atoms with Gasteiger partial charge in [0, 0.05) is 17.6 Å². The number of amides is 1. The number of esters is 1. The van der Waals surface area contributed by atoms with Crippen LogP contribution in [0.1, 0.15) is 72.9 Å². The predicted octanol–water partition coefficient (Wildman–Crippen LogP) is 1.12. The topological polar surface area (TPSA) is 108 Å². The van der Waals surface area contributed by atoms with Gasteiger partial charge in [-0.05, 0) is 92.0 Å². The molecule has 1 saturated heterocycles. The number of carbonyl (C=O) groups is 3. The van der Waals surface area contributed by atoms with Crippen molar-refractivity contribution in [3.05, 3.63) is 59.2 Å². The monoisotopic (exact) mass is 618 g/mol. The van der Waals surface area contributed by atoms with Crippen molar-refractivity contribution in [1.29, 1.82) is 0 Å². The molecule has 2 fully saturated rings. The molecule has 228 valence electrons. The van der Waals surface area contributed by atoms with Crippen LogP contribution in [0.4, 0.5) is 0 Å². The van der Waals surface area contributed by atoms with Gasteiger partial charge in [0.2, 0.25) is 0 Å². The molecule has 1 amide bonds. The molecule has 0 aromatic heterocycles. The number of hydrogen-bond donors (Lipinski definition) is 1. The summed E-state index contributed by atoms with van der Waals surface area (Å²) in [7, 11) is 1.40. The normalized spacial score (nSPS) is 18.8. The first kappa shape index (κ1) is 35.6. The Kier molecular flexibility index (Phi) is 14.5. The van der Waals surface area contributed by atoms with Gasteiger partial charge in [0.15, 0.2) is 6.10 Å². The third-order valence-corrected chi connectivity index (χ3v) is 9.21. The Bertz CT molecular complexity index is 1240. The molecular formula is C33H43N2NaO6S. The van der Waals surface area contributed by atoms with Crippen molar-refractivity contribution >= 4 is 29.6 Å². The number of rotatable bonds is 13. The van der Waals surface area contributed by atoms with Gasteiger partial charge in [-0.15, -0.1) is 0 Å². The summed E-state index contributed by atoms with van der Waals surface area (Å²) in [6, 6.07) is 12.5. The molecule has 8 nitrogen and oxygen atoms in total. The molecule has 1 aliphatic carbocycles. The predicted molar refractivity (Wildman–Crippen MR) is 163 cm³/mol. The van der Waals surface area contributed by atoms with Crippen LogP contribution in [0, 0.1) is 6.92 Å². The second kappa shape index (κ2) is 17.6. The van der Waals surface area contributed by atoms with E-state index in [2.05, 4.69) is 10.2 Å². The number of carboxylic acid groups (broad SMARTS) is 1. The second-order valence-electron chi connectivity index (χ2n) is 11.3. The van der Waals surface area contributed by atoms with Crippen molar-refractivity contribution in [1.82, 2.24) is 10.2 Å². The van der Waals surface area contributed by atoms with Gasteiger partial charge < -0.3 is 24.7 Å². The first-order chi connectivity index (χ1) is 20.3. The van der Waals surface area contributed by atoms with Gasteiger partial charge in [-0.25, -0.2) is 4.79 Å². The molecule has 1 saturated carbocycles. The van der Waals surface area contributed by atoms with E-state index in [-0.39, 0.29) is 54.6 Å². The van der Waals surface area contributed by atoms with Crippen LogP contribution in [0.15, 0.2) is 42.5 Å². The summed E-state index contributed by atoms with van der Waals surface area (Å²) >= 11 is 1.51. The van der Waals surface area contributed by atoms with Crippen LogP contribution >= 0.6 is 11.8 Å². The van der Waals surface area contributed by atoms with E-state index in [4.69, 9.17) is 9.47 Å². The van der Waals surface area contributed by atoms with Crippen LogP contribution in [-0.4, -0.2) is 72.6 Å². The first-order valence-corrected chi connectivity index (χ1v) is 16.4. The number of nitrogens with one attached hydrogen (secondary N) is 1. The van der Waals surface area contributed by atoms with E-state index < -0.39 is 24.0 Å². The fourth-order valence-corrected chi connectivity index (χ4v) is 6.81. The van der Waals surface area contributed by atoms with Crippen LogP contribution < -0.4 is 40.0 Å². The molecule has 0 bridgehead atoms. The Hall–Kier alpha value is -1.88. The summed E-state index contributed by atoms with van der Waals surface area (Å²) in [5, 5.41) is 14.4. The summed E-state index contributed by atoms with van der Waals surface area (Å²) < 4.78 is 11.5. The average molecular weight is 619 g/mol. The van der Waals surface area contributed by atoms with Crippen molar-refractivity contribution < 1.29 is 58.5 Å². The molecule has 2 aliphatic rings. The Morgan fingerprint density at radius 3 is 2.47 bits per heavy atom. The number of carboxylic acids is 1. The van der Waals surface area contributed by atoms with E-state index in [9.17, 15) is 19.5 Å². The molecule has 1 N–H and O–H groups in total. The first-order valence-electron chi connectivity index (χ1n) is 15.0. The Morgan fingerprint density at radius 2 is 1.79 bits per heavy atom. The molecule has 1 aliphatic heterocycles. The van der Waals surface area contributed by atoms with Crippen LogP contribution in [0.25, 0.3) is 11.1 Å². The van der Waals surface area contributed by atoms with E-state index in [0.717, 1.165) is 48.9 Å². The molecule has 10 heteroatoms. The summed E-state index contributed by atoms with van der Waals surface area (Å²) in [5.41, 5.74) is 3.69. The Morgan fingerprint density at radius 1 is 1.05 bits per heavy atom. The number of ether oxygens (including phenoxy) is 2. The fourth-order valence-electron chi connectivity index (χ4n) is 6.34. The molecule has 0 radical (unpaired) electrons. The van der Waals surface area contributed by atoms with Crippen LogP contribution in [0.2, 0.25) is 0 Å². The Balaban J connectivity index is 0.00000506. The Labute approximate surface area is 281 Å². The number of carbonyl (C=O) groups excluding carboxylic acids is 3. The summed E-state index contributed by atoms with van der Waals surface area (Å²) in [5.74, 6) is -1.56. The molecule has 1 heterocycles. The standard InChI is InChI=1S/C33H44N2O6S.Na/c1-22-10-7-8-13-25(22)27-20-23(15-16-26(27)31(36)34-28(32(37)38)17-19-42-3)21-41-30(33(39)40-2)29-14-9-18-35(29)24-11-5-4-6-12-24;/h7-8,10,13,15-16,20,24,28-30H,4-6,9,11-12,14,17-19,21H2,1-3H3,(H,34,36)(H,37,38);/q;+1/p-1/t28-,29?,30?;/m0./s1. The van der Waals surface area contributed by atoms with E-state index in [1.807, 2.05) is 43.5 Å². The molecule has 3 atom stereocenters. The third-order valence-electron chi connectivity index (χ3n) is 8.56. The van der Waals surface area contributed by atoms with Crippen molar-refractivity contribution in [2.45, 2.75) is 89.1 Å². The van der Waals surface area contributed by atoms with Gasteiger partial charge in [0.1, 0.15) is 0 Å². The number of thioether (sulfide) groups is 1. The molecule has 2 unspecified atom stereocenters. The van der Waals surface area contributed by atoms with Gasteiger partial charge in [0.25, 0.3) is 5.91 Å². The second-order valence-corrected chi connectivity index (χ2v) is 12.3. The minimum Gasteiger partial charge on any atom is -0.548 e. The number of hydrogen-bond acceptors (Lipinski definition) is 8. The minimum absolute atomic E-state index is 0. The zero-order valence-corrected chi connectivity index (χ0v) is 28.8. The quantitative estimate of drug-likeness (QED) is 0.263. The number of benzene rings is 2. The summed E-state index contributed by atoms with van der Waals surface area (Å²) in [6.07, 6.45) is 9.40. The van der Waals surface area contributed by atoms with E-state index in [1.54, 1.807) is 12.1 Å². The minimum atomic E-state index is -1.30. The zero-order valence-electron chi connectivity index (χ0n) is 25.9. The average Bonchev–Trinajstić information content (AvgIpc) is 3.49. The maximum absolute atomic E-state index is 13.4. The molecule has 2 aromatic rings. The summed E-state index contributed by atoms with van der Waals surface area (Å²) in [4.78, 5) is 40.5. The molecule has 2 aromatic carbocycles. The molecular weight excluding hydrogens is 575 g/mol. The molecule has 4 rings (SSSR count). The van der Waals surface area contributed by atoms with Gasteiger partial charge in [0.05, 0.1) is 25.7 Å². The van der Waals surface area contributed by atoms with Crippen molar-refractivity contribution in [3.63, 3.8) is 0 Å². The van der Waals surface area contributed by atoms with Crippen molar-refractivity contribution in [2.24, 2.45) is 0 Å². The SMILES string of the molecule is COC(=O)C(OCc1ccc(C(=O)N[C@@H](CCSC)C(=O)[O-])c(-c2ccccc2C)c1)C1CCCN1C1CCCCC1.[Na+]. The zero-order chi connectivity index (χ0) is 30.1. The fraction of sp³-hybridized carbons (Fsp3) is 0.545. The van der Waals surface area contributed by atoms with Gasteiger partial charge in [-0.3, -0.25) is 9.69 Å². The maximum Gasteiger partial charge on any atom is 1.00 e. The maximum atomic E-state index is 13.4. The van der Waals surface area contributed by atoms with Gasteiger partial charge in [-0.2, -0.15) is 11.8 Å². The van der Waals surface area contributed by atoms with E-state index >= 15 is 0 Å². The van der Waals surface area contributed by atoms with E-state index in [1.165, 1.54) is 38.1 Å². The number of aryl methyl sites for hydroxylation is 1. The molecule has 0 spiro atoms. The number of aliphatic carboxylic acids is 1. The number of nitrogens with zero attached hydrogens (tertiary/aromatic N) is 1. The third kappa shape index (κ3) is 9.31. The molecule has 43 heavy (non-hydrogen) atoms. The van der Waals surface area contributed by atoms with Crippen molar-refractivity contribution in [3.8, 4) is 11.1 Å². The van der Waals surface area contributed by atoms with Crippen LogP contribution in [0.5, 0.6) is 0 Å². The van der Waals surface area contributed by atoms with Crippen molar-refractivity contribution in [2.75, 3.05) is 25.7 Å². The van der Waals surface area contributed by atoms with Gasteiger partial charge >= 0.3 is 35.5 Å². The summed E-state index contributed by atoms with van der Waals surface area (Å²) in [6.45, 7) is 3.11. The number of methoxy groups -OCH3 is 1. The van der Waals surface area contributed by atoms with Gasteiger partial charge in [-0.1, -0.05) is 49.6 Å². The van der Waals surface area contributed by atoms with E-state index in [0.29, 0.717) is 22.9 Å². The van der Waals surface area contributed by atoms with Crippen LogP contribution in [0.3, 0.4) is 0 Å². The van der Waals surface area contributed by atoms with Crippen LogP contribution in [-0.2, 0) is 25.7 Å². The number of likely N-dealkylation sites (tertiary alicyclic amines) is 1. The largest absolute Gasteiger partial charge is 1.00 e. The smallest absolute Gasteiger partial charge is 0.548 e.